The predicted octanol–water partition coefficient (Wildman–Crippen LogP) is 5.96. The second-order valence-corrected chi connectivity index (χ2v) is 12.0. The van der Waals surface area contributed by atoms with Gasteiger partial charge in [0.2, 0.25) is 5.95 Å². The number of sulfone groups is 1. The smallest absolute Gasteiger partial charge is 0.260 e. The maximum atomic E-state index is 13.9. The monoisotopic (exact) mass is 531 g/mol. The first-order valence-electron chi connectivity index (χ1n) is 10.3. The number of carbonyl (C=O) groups is 1. The highest BCUT2D eigenvalue weighted by Gasteiger charge is 2.51. The van der Waals surface area contributed by atoms with Crippen molar-refractivity contribution in [3.05, 3.63) is 81.1 Å². The van der Waals surface area contributed by atoms with Gasteiger partial charge in [-0.05, 0) is 58.6 Å². The van der Waals surface area contributed by atoms with Crippen LogP contribution in [-0.2, 0) is 26.6 Å². The number of carbonyl (C=O) groups excluding carboxylic acids is 1. The zero-order valence-electron chi connectivity index (χ0n) is 18.2. The summed E-state index contributed by atoms with van der Waals surface area (Å²) in [4.78, 5) is 19.6. The van der Waals surface area contributed by atoms with Gasteiger partial charge in [0.05, 0.1) is 11.9 Å². The lowest BCUT2D eigenvalue weighted by molar-refractivity contribution is -0.124. The number of hydrogen-bond donors (Lipinski definition) is 0. The van der Waals surface area contributed by atoms with Crippen LogP contribution in [-0.4, -0.2) is 30.1 Å². The lowest BCUT2D eigenvalue weighted by Gasteiger charge is -2.26. The summed E-state index contributed by atoms with van der Waals surface area (Å²) in [6.45, 7) is 1.73. The number of anilines is 2. The molecule has 1 unspecified atom stereocenters. The van der Waals surface area contributed by atoms with Crippen LogP contribution in [0.1, 0.15) is 12.5 Å². The minimum atomic E-state index is -3.66. The maximum absolute atomic E-state index is 13.9. The molecule has 1 aliphatic heterocycles. The van der Waals surface area contributed by atoms with Crippen molar-refractivity contribution in [1.29, 1.82) is 0 Å². The number of imidazole rings is 1. The molecule has 174 valence electrons. The summed E-state index contributed by atoms with van der Waals surface area (Å²) in [6.07, 6.45) is 2.66. The van der Waals surface area contributed by atoms with E-state index < -0.39 is 15.4 Å². The van der Waals surface area contributed by atoms with Crippen LogP contribution in [0.15, 0.2) is 70.5 Å². The number of amides is 1. The lowest BCUT2D eigenvalue weighted by Crippen LogP contribution is -2.41. The van der Waals surface area contributed by atoms with E-state index in [1.807, 2.05) is 35.7 Å². The number of aromatic nitrogens is 2. The molecular weight excluding hydrogens is 513 g/mol. The normalized spacial score (nSPS) is 17.9. The van der Waals surface area contributed by atoms with Crippen LogP contribution >= 0.6 is 34.5 Å². The first kappa shape index (κ1) is 23.1. The molecule has 0 fully saturated rings. The fourth-order valence-corrected chi connectivity index (χ4v) is 6.37. The predicted molar refractivity (Wildman–Crippen MR) is 136 cm³/mol. The van der Waals surface area contributed by atoms with E-state index in [0.717, 1.165) is 22.9 Å². The van der Waals surface area contributed by atoms with Gasteiger partial charge in [-0.3, -0.25) is 9.36 Å². The number of thiophene rings is 1. The van der Waals surface area contributed by atoms with E-state index in [4.69, 9.17) is 23.2 Å². The Bertz CT molecular complexity index is 1490. The first-order chi connectivity index (χ1) is 16.1. The van der Waals surface area contributed by atoms with Crippen molar-refractivity contribution in [1.82, 2.24) is 9.55 Å². The molecule has 34 heavy (non-hydrogen) atoms. The van der Waals surface area contributed by atoms with Gasteiger partial charge >= 0.3 is 0 Å². The molecular formula is C24H19Cl2N3O3S2. The van der Waals surface area contributed by atoms with Gasteiger partial charge in [-0.25, -0.2) is 18.3 Å². The molecule has 10 heteroatoms. The van der Waals surface area contributed by atoms with E-state index >= 15 is 0 Å². The fourth-order valence-electron chi connectivity index (χ4n) is 4.33. The van der Waals surface area contributed by atoms with Crippen molar-refractivity contribution in [3.63, 3.8) is 0 Å². The number of hydrogen-bond acceptors (Lipinski definition) is 5. The Kier molecular flexibility index (Phi) is 5.60. The molecule has 2 aromatic heterocycles. The summed E-state index contributed by atoms with van der Waals surface area (Å²) in [5, 5.41) is 4.78. The highest BCUT2D eigenvalue weighted by molar-refractivity contribution is 7.90. The van der Waals surface area contributed by atoms with E-state index in [9.17, 15) is 13.2 Å². The van der Waals surface area contributed by atoms with Gasteiger partial charge in [0.15, 0.2) is 14.9 Å². The molecule has 0 saturated heterocycles. The van der Waals surface area contributed by atoms with Crippen LogP contribution in [0.5, 0.6) is 0 Å². The molecule has 0 N–H and O–H groups in total. The van der Waals surface area contributed by atoms with E-state index in [2.05, 4.69) is 10.4 Å². The molecule has 0 aliphatic carbocycles. The summed E-state index contributed by atoms with van der Waals surface area (Å²) in [5.74, 6) is -0.109. The summed E-state index contributed by atoms with van der Waals surface area (Å²) in [6, 6.07) is 14.7. The highest BCUT2D eigenvalue weighted by atomic mass is 35.5. The standard InChI is InChI=1S/C24H19Cl2N3O3S2/c1-24(12-15-3-5-16(6-4-15)17-7-8-33-14-17)22(30)28(20-10-18(25)9-19(26)11-20)23-27-13-21(29(23)24)34(2,31)32/h3-11,13-14H,12H2,1-2H3. The molecule has 1 amide bonds. The number of rotatable bonds is 5. The Morgan fingerprint density at radius 3 is 2.29 bits per heavy atom. The van der Waals surface area contributed by atoms with Crippen LogP contribution in [0.3, 0.4) is 0 Å². The Labute approximate surface area is 211 Å². The molecule has 1 atom stereocenters. The Morgan fingerprint density at radius 2 is 1.71 bits per heavy atom. The minimum absolute atomic E-state index is 0.0242. The van der Waals surface area contributed by atoms with Crippen molar-refractivity contribution >= 4 is 61.9 Å². The number of halogens is 2. The molecule has 0 bridgehead atoms. The average Bonchev–Trinajstić information content (AvgIpc) is 3.47. The number of fused-ring (bicyclic) bond motifs is 1. The molecule has 3 heterocycles. The summed E-state index contributed by atoms with van der Waals surface area (Å²) in [7, 11) is -3.66. The summed E-state index contributed by atoms with van der Waals surface area (Å²) < 4.78 is 26.7. The zero-order chi connectivity index (χ0) is 24.3. The largest absolute Gasteiger partial charge is 0.285 e. The molecule has 6 nitrogen and oxygen atoms in total. The number of nitrogens with zero attached hydrogens (tertiary/aromatic N) is 3. The van der Waals surface area contributed by atoms with Crippen molar-refractivity contribution in [2.45, 2.75) is 23.9 Å². The van der Waals surface area contributed by atoms with Crippen LogP contribution in [0.4, 0.5) is 11.6 Å². The molecule has 0 spiro atoms. The SMILES string of the molecule is CC1(Cc2ccc(-c3ccsc3)cc2)C(=O)N(c2cc(Cl)cc(Cl)c2)c2ncc(S(C)(=O)=O)n21. The van der Waals surface area contributed by atoms with Gasteiger partial charge in [0.25, 0.3) is 5.91 Å². The summed E-state index contributed by atoms with van der Waals surface area (Å²) >= 11 is 14.0. The molecule has 0 saturated carbocycles. The quantitative estimate of drug-likeness (QED) is 0.318. The topological polar surface area (TPSA) is 72.3 Å². The van der Waals surface area contributed by atoms with Gasteiger partial charge < -0.3 is 0 Å². The van der Waals surface area contributed by atoms with Gasteiger partial charge in [-0.2, -0.15) is 11.3 Å². The molecule has 0 radical (unpaired) electrons. The average molecular weight is 532 g/mol. The van der Waals surface area contributed by atoms with Gasteiger partial charge in [-0.1, -0.05) is 47.5 Å². The maximum Gasteiger partial charge on any atom is 0.260 e. The molecule has 5 rings (SSSR count). The van der Waals surface area contributed by atoms with Crippen LogP contribution in [0.25, 0.3) is 11.1 Å². The van der Waals surface area contributed by atoms with E-state index in [1.54, 1.807) is 36.5 Å². The second kappa shape index (κ2) is 8.23. The van der Waals surface area contributed by atoms with Crippen LogP contribution < -0.4 is 4.90 Å². The Hall–Kier alpha value is -2.65. The van der Waals surface area contributed by atoms with E-state index in [-0.39, 0.29) is 23.3 Å². The van der Waals surface area contributed by atoms with E-state index in [1.165, 1.54) is 15.7 Å². The van der Waals surface area contributed by atoms with Crippen molar-refractivity contribution in [2.24, 2.45) is 0 Å². The van der Waals surface area contributed by atoms with E-state index in [0.29, 0.717) is 15.7 Å². The Balaban J connectivity index is 1.62. The Morgan fingerprint density at radius 1 is 1.03 bits per heavy atom. The van der Waals surface area contributed by atoms with Crippen molar-refractivity contribution < 1.29 is 13.2 Å². The lowest BCUT2D eigenvalue weighted by atomic mass is 9.91. The van der Waals surface area contributed by atoms with Crippen LogP contribution in [0.2, 0.25) is 10.0 Å². The third kappa shape index (κ3) is 3.84. The summed E-state index contributed by atoms with van der Waals surface area (Å²) in [5.41, 5.74) is 2.28. The minimum Gasteiger partial charge on any atom is -0.285 e. The van der Waals surface area contributed by atoms with Gasteiger partial charge in [0.1, 0.15) is 5.54 Å². The van der Waals surface area contributed by atoms with Gasteiger partial charge in [0, 0.05) is 22.7 Å². The van der Waals surface area contributed by atoms with Crippen molar-refractivity contribution in [3.8, 4) is 11.1 Å². The number of benzene rings is 2. The first-order valence-corrected chi connectivity index (χ1v) is 13.9. The third-order valence-corrected chi connectivity index (χ3v) is 8.08. The fraction of sp³-hybridized carbons (Fsp3) is 0.167. The second-order valence-electron chi connectivity index (χ2n) is 8.43. The van der Waals surface area contributed by atoms with Crippen LogP contribution in [0, 0.1) is 0 Å². The molecule has 1 aliphatic rings. The highest BCUT2D eigenvalue weighted by Crippen LogP contribution is 2.44. The van der Waals surface area contributed by atoms with Crippen molar-refractivity contribution in [2.75, 3.05) is 11.2 Å². The van der Waals surface area contributed by atoms with Gasteiger partial charge in [-0.15, -0.1) is 0 Å². The molecule has 4 aromatic rings. The zero-order valence-corrected chi connectivity index (χ0v) is 21.3. The third-order valence-electron chi connectivity index (χ3n) is 5.91. The molecule has 2 aromatic carbocycles.